The Morgan fingerprint density at radius 2 is 0.929 bits per heavy atom. The third kappa shape index (κ3) is 11.6. The number of hydrogen-bond donors (Lipinski definition) is 0. The monoisotopic (exact) mass is 972 g/mol. The van der Waals surface area contributed by atoms with E-state index >= 15 is 0 Å². The van der Waals surface area contributed by atoms with Crippen molar-refractivity contribution in [1.82, 2.24) is 0 Å². The number of fused-ring (bicyclic) bond motifs is 2. The van der Waals surface area contributed by atoms with Gasteiger partial charge in [-0.3, -0.25) is 0 Å². The van der Waals surface area contributed by atoms with E-state index in [1.807, 2.05) is 36.4 Å². The molecular formula is C54H72N2O14+2. The van der Waals surface area contributed by atoms with Crippen LogP contribution in [0, 0.1) is 0 Å². The lowest BCUT2D eigenvalue weighted by Crippen LogP contribution is -2.52. The van der Waals surface area contributed by atoms with Crippen molar-refractivity contribution >= 4 is 11.9 Å². The van der Waals surface area contributed by atoms with Crippen LogP contribution in [0.3, 0.4) is 0 Å². The molecule has 4 aromatic carbocycles. The van der Waals surface area contributed by atoms with Crippen molar-refractivity contribution in [2.24, 2.45) is 0 Å². The minimum absolute atomic E-state index is 0.00552. The molecule has 4 aromatic rings. The number of methoxy groups -OCH3 is 10. The Hall–Kier alpha value is -6.52. The number of rotatable bonds is 24. The molecule has 2 aliphatic heterocycles. The number of hydrogen-bond acceptors (Lipinski definition) is 14. The second kappa shape index (κ2) is 23.9. The van der Waals surface area contributed by atoms with Crippen LogP contribution in [0.2, 0.25) is 0 Å². The molecule has 0 radical (unpaired) electrons. The first-order valence-electron chi connectivity index (χ1n) is 23.5. The average Bonchev–Trinajstić information content (AvgIpc) is 3.38. The van der Waals surface area contributed by atoms with Gasteiger partial charge in [0.25, 0.3) is 0 Å². The molecule has 0 fully saturated rings. The summed E-state index contributed by atoms with van der Waals surface area (Å²) in [5, 5.41) is 0. The van der Waals surface area contributed by atoms with Crippen molar-refractivity contribution in [1.29, 1.82) is 0 Å². The van der Waals surface area contributed by atoms with E-state index in [9.17, 15) is 9.59 Å². The van der Waals surface area contributed by atoms with Gasteiger partial charge in [-0.25, -0.2) is 9.59 Å². The quantitative estimate of drug-likeness (QED) is 0.0296. The largest absolute Gasteiger partial charge is 0.493 e. The summed E-state index contributed by atoms with van der Waals surface area (Å²) in [4.78, 5) is 25.8. The number of esters is 2. The smallest absolute Gasteiger partial charge is 0.331 e. The number of likely N-dealkylation sites (N-methyl/N-ethyl adjacent to an activating group) is 2. The molecule has 2 heterocycles. The van der Waals surface area contributed by atoms with E-state index in [0.717, 1.165) is 65.9 Å². The Labute approximate surface area is 412 Å². The first kappa shape index (κ1) is 52.8. The summed E-state index contributed by atoms with van der Waals surface area (Å²) in [6.45, 7) is 3.43. The standard InChI is InChI=1S/C54H72N2O14/c1-55(23-19-37-32-44(61-5)45(62-6)34-39(37)40(55)28-36-30-46(63-7)52(66-10)47(31-36)64-8)21-13-25-69-49(57)17-18-50(58)70-26-14-22-56(2)24-20-38-33-48(65-9)53(67-11)54(68-12)51(38)41(56)27-35-15-16-42(59-3)43(29-35)60-4/h15-18,29-34,40-41H,13-14,19-28H2,1-12H3/q+2/b18-17+. The van der Waals surface area contributed by atoms with Crippen molar-refractivity contribution < 1.29 is 75.4 Å². The molecule has 16 nitrogen and oxygen atoms in total. The van der Waals surface area contributed by atoms with Crippen LogP contribution in [0.1, 0.15) is 58.3 Å². The van der Waals surface area contributed by atoms with E-state index in [2.05, 4.69) is 26.2 Å². The van der Waals surface area contributed by atoms with Gasteiger partial charge in [0.15, 0.2) is 46.0 Å². The van der Waals surface area contributed by atoms with Crippen LogP contribution in [0.15, 0.2) is 60.7 Å². The highest BCUT2D eigenvalue weighted by molar-refractivity contribution is 5.91. The Balaban J connectivity index is 1.07. The Kier molecular flexibility index (Phi) is 18.0. The fraction of sp³-hybridized carbons (Fsp3) is 0.481. The lowest BCUT2D eigenvalue weighted by atomic mass is 9.85. The molecule has 70 heavy (non-hydrogen) atoms. The number of benzene rings is 4. The van der Waals surface area contributed by atoms with Gasteiger partial charge >= 0.3 is 11.9 Å². The van der Waals surface area contributed by atoms with E-state index in [4.69, 9.17) is 56.8 Å². The maximum atomic E-state index is 12.9. The van der Waals surface area contributed by atoms with Crippen molar-refractivity contribution in [3.63, 3.8) is 0 Å². The number of nitrogens with zero attached hydrogens (tertiary/aromatic N) is 2. The summed E-state index contributed by atoms with van der Waals surface area (Å²) in [6, 6.07) is 16.1. The van der Waals surface area contributed by atoms with E-state index in [0.29, 0.717) is 105 Å². The molecule has 380 valence electrons. The van der Waals surface area contributed by atoms with Crippen molar-refractivity contribution in [2.75, 3.05) is 125 Å². The highest BCUT2D eigenvalue weighted by Crippen LogP contribution is 2.51. The molecule has 0 amide bonds. The molecule has 0 aromatic heterocycles. The van der Waals surface area contributed by atoms with Crippen LogP contribution in [0.25, 0.3) is 0 Å². The lowest BCUT2D eigenvalue weighted by molar-refractivity contribution is -0.941. The SMILES string of the molecule is COc1ccc(CC2c3c(cc(OC)c(OC)c3OC)CC[N+]2(C)CCCOC(=O)/C=C/C(=O)OCCC[N+]2(C)CCc3cc(OC)c(OC)cc3C2Cc2cc(OC)c(OC)c(OC)c2)cc1OC. The van der Waals surface area contributed by atoms with E-state index in [1.165, 1.54) is 5.56 Å². The molecular weight excluding hydrogens is 901 g/mol. The van der Waals surface area contributed by atoms with E-state index in [-0.39, 0.29) is 25.3 Å². The fourth-order valence-corrected chi connectivity index (χ4v) is 10.3. The Morgan fingerprint density at radius 3 is 1.46 bits per heavy atom. The molecule has 0 N–H and O–H groups in total. The lowest BCUT2D eigenvalue weighted by Gasteiger charge is -2.46. The first-order valence-corrected chi connectivity index (χ1v) is 23.5. The molecule has 0 aliphatic carbocycles. The summed E-state index contributed by atoms with van der Waals surface area (Å²) >= 11 is 0. The van der Waals surface area contributed by atoms with E-state index < -0.39 is 11.9 Å². The molecule has 2 aliphatic rings. The zero-order valence-corrected chi connectivity index (χ0v) is 43.0. The molecule has 0 bridgehead atoms. The van der Waals surface area contributed by atoms with Gasteiger partial charge in [0.2, 0.25) is 11.5 Å². The predicted molar refractivity (Wildman–Crippen MR) is 264 cm³/mol. The number of carbonyl (C=O) groups is 2. The molecule has 0 spiro atoms. The number of carbonyl (C=O) groups excluding carboxylic acids is 2. The van der Waals surface area contributed by atoms with Crippen LogP contribution < -0.4 is 47.4 Å². The molecule has 6 rings (SSSR count). The fourth-order valence-electron chi connectivity index (χ4n) is 10.3. The first-order chi connectivity index (χ1) is 33.8. The summed E-state index contributed by atoms with van der Waals surface area (Å²) in [7, 11) is 20.7. The summed E-state index contributed by atoms with van der Waals surface area (Å²) in [6.07, 6.45) is 6.36. The molecule has 4 unspecified atom stereocenters. The third-order valence-electron chi connectivity index (χ3n) is 14.1. The van der Waals surface area contributed by atoms with Gasteiger partial charge in [0.05, 0.1) is 130 Å². The molecule has 0 saturated heterocycles. The highest BCUT2D eigenvalue weighted by Gasteiger charge is 2.43. The zero-order chi connectivity index (χ0) is 50.6. The van der Waals surface area contributed by atoms with Gasteiger partial charge in [0.1, 0.15) is 12.1 Å². The third-order valence-corrected chi connectivity index (χ3v) is 14.1. The highest BCUT2D eigenvalue weighted by atomic mass is 16.6. The van der Waals surface area contributed by atoms with Gasteiger partial charge in [0, 0.05) is 56.2 Å². The van der Waals surface area contributed by atoms with Crippen LogP contribution >= 0.6 is 0 Å². The second-order valence-electron chi connectivity index (χ2n) is 18.0. The summed E-state index contributed by atoms with van der Waals surface area (Å²) in [5.41, 5.74) is 6.61. The van der Waals surface area contributed by atoms with Gasteiger partial charge in [-0.15, -0.1) is 0 Å². The minimum Gasteiger partial charge on any atom is -0.493 e. The van der Waals surface area contributed by atoms with Crippen LogP contribution in [-0.4, -0.2) is 145 Å². The van der Waals surface area contributed by atoms with Crippen LogP contribution in [0.5, 0.6) is 57.5 Å². The molecule has 0 saturated carbocycles. The van der Waals surface area contributed by atoms with Gasteiger partial charge in [-0.05, 0) is 64.7 Å². The normalized spacial score (nSPS) is 19.3. The minimum atomic E-state index is -0.615. The van der Waals surface area contributed by atoms with Crippen LogP contribution in [0.4, 0.5) is 0 Å². The van der Waals surface area contributed by atoms with Gasteiger partial charge in [-0.2, -0.15) is 0 Å². The van der Waals surface area contributed by atoms with Gasteiger partial charge < -0.3 is 65.8 Å². The summed E-state index contributed by atoms with van der Waals surface area (Å²) in [5.74, 6) is 4.92. The zero-order valence-electron chi connectivity index (χ0n) is 43.0. The van der Waals surface area contributed by atoms with Crippen molar-refractivity contribution in [3.8, 4) is 57.5 Å². The number of ether oxygens (including phenoxy) is 12. The Bertz CT molecular complexity index is 2470. The predicted octanol–water partition coefficient (Wildman–Crippen LogP) is 7.47. The summed E-state index contributed by atoms with van der Waals surface area (Å²) < 4.78 is 69.8. The maximum Gasteiger partial charge on any atom is 0.331 e. The van der Waals surface area contributed by atoms with Gasteiger partial charge in [-0.1, -0.05) is 6.07 Å². The molecule has 4 atom stereocenters. The van der Waals surface area contributed by atoms with Crippen molar-refractivity contribution in [2.45, 2.75) is 50.6 Å². The topological polar surface area (TPSA) is 145 Å². The van der Waals surface area contributed by atoms with Crippen molar-refractivity contribution in [3.05, 3.63) is 94.1 Å². The average molecular weight is 973 g/mol. The second-order valence-corrected chi connectivity index (χ2v) is 18.0. The maximum absolute atomic E-state index is 12.9. The van der Waals surface area contributed by atoms with E-state index in [1.54, 1.807) is 71.1 Å². The Morgan fingerprint density at radius 1 is 0.486 bits per heavy atom. The molecule has 16 heteroatoms. The van der Waals surface area contributed by atoms with Crippen LogP contribution in [-0.2, 0) is 44.7 Å². The number of quaternary nitrogens is 2.